The minimum atomic E-state index is -0.0600. The first-order chi connectivity index (χ1) is 35.2. The summed E-state index contributed by atoms with van der Waals surface area (Å²) in [5.74, 6) is 0. The van der Waals surface area contributed by atoms with Crippen molar-refractivity contribution in [2.24, 2.45) is 0 Å². The smallest absolute Gasteiger partial charge is 0.252 e. The highest BCUT2D eigenvalue weighted by Gasteiger charge is 2.49. The van der Waals surface area contributed by atoms with Crippen LogP contribution in [0.3, 0.4) is 0 Å². The van der Waals surface area contributed by atoms with E-state index in [4.69, 9.17) is 0 Å². The number of rotatable bonds is 5. The second kappa shape index (κ2) is 16.5. The lowest BCUT2D eigenvalue weighted by Crippen LogP contribution is -2.62. The van der Waals surface area contributed by atoms with Crippen molar-refractivity contribution in [3.8, 4) is 0 Å². The van der Waals surface area contributed by atoms with E-state index in [1.54, 1.807) is 0 Å². The molecule has 4 heteroatoms. The minimum absolute atomic E-state index is 0.00934. The summed E-state index contributed by atoms with van der Waals surface area (Å²) in [6, 6.07) is 53.0. The van der Waals surface area contributed by atoms with Crippen molar-refractivity contribution >= 4 is 74.3 Å². The summed E-state index contributed by atoms with van der Waals surface area (Å²) in [5.41, 5.74) is 27.1. The lowest BCUT2D eigenvalue weighted by atomic mass is 9.33. The molecule has 384 valence electrons. The molecule has 3 aliphatic carbocycles. The van der Waals surface area contributed by atoms with E-state index in [2.05, 4.69) is 259 Å². The SMILES string of the molecule is Cc1cc2c(cc1N1c3cc4c(cc3B3c5ccc(C(C)(C)C)cc5N(c5ccc6c(c5)C(C)(C)CCC6(C)C)c5cc(N(c6ccccc6)c6ccccc6)cc1c53)C(C)(C)CCC4(C)C)C(C)(C)CCC2(C)C. The van der Waals surface area contributed by atoms with Crippen molar-refractivity contribution in [2.45, 2.75) is 187 Å². The molecule has 7 aromatic carbocycles. The van der Waals surface area contributed by atoms with Crippen LogP contribution in [0.4, 0.5) is 51.2 Å². The van der Waals surface area contributed by atoms with E-state index in [1.165, 1.54) is 114 Å². The van der Waals surface area contributed by atoms with Gasteiger partial charge < -0.3 is 14.7 Å². The van der Waals surface area contributed by atoms with Crippen LogP contribution in [0, 0.1) is 6.92 Å². The number of fused-ring (bicyclic) bond motifs is 7. The van der Waals surface area contributed by atoms with Gasteiger partial charge >= 0.3 is 0 Å². The average molecular weight is 988 g/mol. The Hall–Kier alpha value is -6.00. The zero-order chi connectivity index (χ0) is 53.2. The van der Waals surface area contributed by atoms with Crippen molar-refractivity contribution < 1.29 is 0 Å². The highest BCUT2D eigenvalue weighted by molar-refractivity contribution is 7.00. The number of nitrogens with zero attached hydrogens (tertiary/aromatic N) is 3. The Bertz CT molecular complexity index is 3410. The monoisotopic (exact) mass is 988 g/mol. The minimum Gasteiger partial charge on any atom is -0.311 e. The molecule has 0 saturated heterocycles. The van der Waals surface area contributed by atoms with E-state index in [0.717, 1.165) is 36.3 Å². The van der Waals surface area contributed by atoms with E-state index in [1.807, 2.05) is 0 Å². The average Bonchev–Trinajstić information content (AvgIpc) is 3.41. The number of anilines is 9. The molecule has 0 amide bonds. The van der Waals surface area contributed by atoms with Gasteiger partial charge in [-0.1, -0.05) is 171 Å². The van der Waals surface area contributed by atoms with E-state index in [9.17, 15) is 0 Å². The molecular formula is C71H82BN3. The quantitative estimate of drug-likeness (QED) is 0.159. The summed E-state index contributed by atoms with van der Waals surface area (Å²) in [6.45, 7) is 39.3. The van der Waals surface area contributed by atoms with Gasteiger partial charge in [0.1, 0.15) is 0 Å². The van der Waals surface area contributed by atoms with Crippen molar-refractivity contribution in [3.05, 3.63) is 178 Å². The topological polar surface area (TPSA) is 9.72 Å². The van der Waals surface area contributed by atoms with Crippen LogP contribution in [0.1, 0.15) is 187 Å². The molecule has 0 aromatic heterocycles. The summed E-state index contributed by atoms with van der Waals surface area (Å²) in [5, 5.41) is 0. The van der Waals surface area contributed by atoms with Crippen molar-refractivity contribution in [1.82, 2.24) is 0 Å². The number of para-hydroxylation sites is 2. The van der Waals surface area contributed by atoms with Crippen LogP contribution in [0.25, 0.3) is 0 Å². The molecule has 0 N–H and O–H groups in total. The molecule has 0 bridgehead atoms. The summed E-state index contributed by atoms with van der Waals surface area (Å²) < 4.78 is 0. The number of hydrogen-bond acceptors (Lipinski definition) is 3. The van der Waals surface area contributed by atoms with E-state index in [0.29, 0.717) is 0 Å². The normalized spacial score (nSPS) is 19.7. The molecule has 0 unspecified atom stereocenters. The predicted octanol–water partition coefficient (Wildman–Crippen LogP) is 17.9. The van der Waals surface area contributed by atoms with Gasteiger partial charge in [0.25, 0.3) is 6.71 Å². The van der Waals surface area contributed by atoms with Crippen LogP contribution in [-0.4, -0.2) is 6.71 Å². The van der Waals surface area contributed by atoms with Gasteiger partial charge in [0.2, 0.25) is 0 Å². The summed E-state index contributed by atoms with van der Waals surface area (Å²) in [7, 11) is 0. The van der Waals surface area contributed by atoms with E-state index < -0.39 is 0 Å². The molecule has 2 heterocycles. The number of aryl methyl sites for hydroxylation is 1. The van der Waals surface area contributed by atoms with Gasteiger partial charge in [-0.05, 0) is 211 Å². The molecule has 75 heavy (non-hydrogen) atoms. The van der Waals surface area contributed by atoms with Crippen LogP contribution in [0.2, 0.25) is 0 Å². The largest absolute Gasteiger partial charge is 0.311 e. The Morgan fingerprint density at radius 1 is 0.387 bits per heavy atom. The molecule has 5 aliphatic rings. The van der Waals surface area contributed by atoms with E-state index in [-0.39, 0.29) is 44.6 Å². The van der Waals surface area contributed by atoms with Gasteiger partial charge in [-0.2, -0.15) is 0 Å². The molecule has 2 aliphatic heterocycles. The maximum atomic E-state index is 2.76. The van der Waals surface area contributed by atoms with E-state index >= 15 is 0 Å². The van der Waals surface area contributed by atoms with Crippen LogP contribution >= 0.6 is 0 Å². The molecule has 7 aromatic rings. The van der Waals surface area contributed by atoms with Crippen LogP contribution < -0.4 is 31.1 Å². The summed E-state index contributed by atoms with van der Waals surface area (Å²) in [4.78, 5) is 7.97. The van der Waals surface area contributed by atoms with Gasteiger partial charge in [-0.25, -0.2) is 0 Å². The summed E-state index contributed by atoms with van der Waals surface area (Å²) in [6.07, 6.45) is 7.02. The van der Waals surface area contributed by atoms with Gasteiger partial charge in [0.15, 0.2) is 0 Å². The Labute approximate surface area is 451 Å². The van der Waals surface area contributed by atoms with Crippen molar-refractivity contribution in [2.75, 3.05) is 14.7 Å². The molecule has 0 atom stereocenters. The van der Waals surface area contributed by atoms with Gasteiger partial charge in [0, 0.05) is 45.5 Å². The highest BCUT2D eigenvalue weighted by Crippen LogP contribution is 2.56. The predicted molar refractivity (Wildman–Crippen MR) is 324 cm³/mol. The first kappa shape index (κ1) is 49.9. The Morgan fingerprint density at radius 2 is 0.827 bits per heavy atom. The third-order valence-corrected chi connectivity index (χ3v) is 19.7. The van der Waals surface area contributed by atoms with Crippen LogP contribution in [0.5, 0.6) is 0 Å². The molecule has 12 rings (SSSR count). The zero-order valence-corrected chi connectivity index (χ0v) is 48.4. The lowest BCUT2D eigenvalue weighted by molar-refractivity contribution is 0.331. The highest BCUT2D eigenvalue weighted by atomic mass is 15.2. The van der Waals surface area contributed by atoms with Gasteiger partial charge in [0.05, 0.1) is 5.69 Å². The maximum Gasteiger partial charge on any atom is 0.252 e. The summed E-state index contributed by atoms with van der Waals surface area (Å²) >= 11 is 0. The molecule has 0 radical (unpaired) electrons. The van der Waals surface area contributed by atoms with Gasteiger partial charge in [-0.15, -0.1) is 0 Å². The van der Waals surface area contributed by atoms with Crippen LogP contribution in [-0.2, 0) is 37.9 Å². The maximum absolute atomic E-state index is 2.76. The molecule has 0 spiro atoms. The third kappa shape index (κ3) is 7.79. The molecular weight excluding hydrogens is 906 g/mol. The Kier molecular flexibility index (Phi) is 11.0. The number of benzene rings is 7. The number of hydrogen-bond donors (Lipinski definition) is 0. The zero-order valence-electron chi connectivity index (χ0n) is 48.4. The molecule has 3 nitrogen and oxygen atoms in total. The fourth-order valence-electron chi connectivity index (χ4n) is 14.4. The first-order valence-electron chi connectivity index (χ1n) is 28.5. The third-order valence-electron chi connectivity index (χ3n) is 19.7. The fraction of sp³-hybridized carbons (Fsp3) is 0.408. The van der Waals surface area contributed by atoms with Crippen molar-refractivity contribution in [3.63, 3.8) is 0 Å². The first-order valence-corrected chi connectivity index (χ1v) is 28.5. The van der Waals surface area contributed by atoms with Gasteiger partial charge in [-0.3, -0.25) is 0 Å². The van der Waals surface area contributed by atoms with Crippen molar-refractivity contribution in [1.29, 1.82) is 0 Å². The Morgan fingerprint density at radius 3 is 1.35 bits per heavy atom. The second-order valence-electron chi connectivity index (χ2n) is 28.7. The molecule has 0 fully saturated rings. The second-order valence-corrected chi connectivity index (χ2v) is 28.7. The standard InChI is InChI=1S/C71H82BN3/c1-45-37-52-55(70(13,14)35-33-67(52,7)8)43-59(45)75-61-44-56-54(69(11,12)34-36-71(56,15)16)42-58(61)72-57-30-27-46(65(2,3)4)38-60(57)74(49-28-29-51-53(39-49)68(9,10)32-31-66(51,5)6)62-40-50(41-63(75)64(62)72)73(47-23-19-17-20-24-47)48-25-21-18-22-26-48/h17-30,37-44H,31-36H2,1-16H3. The Balaban J connectivity index is 1.26. The van der Waals surface area contributed by atoms with Crippen LogP contribution in [0.15, 0.2) is 133 Å². The lowest BCUT2D eigenvalue weighted by Gasteiger charge is -2.49. The molecule has 0 saturated carbocycles. The fourth-order valence-corrected chi connectivity index (χ4v) is 14.4.